The van der Waals surface area contributed by atoms with Crippen LogP contribution in [0.15, 0.2) is 49.9 Å². The van der Waals surface area contributed by atoms with Crippen molar-refractivity contribution >= 4 is 69.4 Å². The van der Waals surface area contributed by atoms with E-state index in [2.05, 4.69) is 9.39 Å². The number of methoxy groups -OCH3 is 1. The van der Waals surface area contributed by atoms with Gasteiger partial charge in [-0.15, -0.1) is 0 Å². The maximum atomic E-state index is 12.6. The fourth-order valence-electron chi connectivity index (χ4n) is 2.92. The zero-order valence-electron chi connectivity index (χ0n) is 17.6. The normalized spacial score (nSPS) is 16.8. The van der Waals surface area contributed by atoms with Gasteiger partial charge in [-0.3, -0.25) is 10.2 Å². The van der Waals surface area contributed by atoms with Crippen LogP contribution in [0.2, 0.25) is 5.02 Å². The molecule has 2 aliphatic heterocycles. The molecule has 0 radical (unpaired) electrons. The van der Waals surface area contributed by atoms with Crippen molar-refractivity contribution < 1.29 is 23.5 Å². The maximum absolute atomic E-state index is 12.6. The van der Waals surface area contributed by atoms with Crippen molar-refractivity contribution in [1.29, 1.82) is 5.41 Å². The van der Waals surface area contributed by atoms with Gasteiger partial charge >= 0.3 is 5.97 Å². The Morgan fingerprint density at radius 3 is 2.85 bits per heavy atom. The summed E-state index contributed by atoms with van der Waals surface area (Å²) >= 11 is 8.90. The molecule has 0 unspecified atom stereocenters. The van der Waals surface area contributed by atoms with E-state index in [1.165, 1.54) is 43.3 Å². The van der Waals surface area contributed by atoms with Crippen LogP contribution in [0, 0.1) is 5.41 Å². The van der Waals surface area contributed by atoms with Gasteiger partial charge in [-0.25, -0.2) is 9.69 Å². The summed E-state index contributed by atoms with van der Waals surface area (Å²) in [4.78, 5) is 30.5. The number of benzene rings is 1. The molecule has 12 heteroatoms. The SMILES string of the molecule is COc1cc(/C=C2/C(=N)N3C(=NC2=O)SN=C3SC(C)C)cc(Cl)c1OC(=O)c1ccco1. The number of nitrogens with zero attached hydrogens (tertiary/aromatic N) is 3. The summed E-state index contributed by atoms with van der Waals surface area (Å²) in [6.07, 6.45) is 2.83. The van der Waals surface area contributed by atoms with Gasteiger partial charge in [0.15, 0.2) is 16.7 Å². The van der Waals surface area contributed by atoms with Gasteiger partial charge in [0.2, 0.25) is 10.9 Å². The van der Waals surface area contributed by atoms with Crippen LogP contribution in [0.3, 0.4) is 0 Å². The highest BCUT2D eigenvalue weighted by atomic mass is 35.5. The Balaban J connectivity index is 1.65. The van der Waals surface area contributed by atoms with Crippen LogP contribution in [0.5, 0.6) is 11.5 Å². The summed E-state index contributed by atoms with van der Waals surface area (Å²) in [5.74, 6) is -1.15. The van der Waals surface area contributed by atoms with E-state index in [4.69, 9.17) is 30.9 Å². The minimum atomic E-state index is -0.738. The van der Waals surface area contributed by atoms with Gasteiger partial charge in [-0.05, 0) is 35.9 Å². The molecule has 33 heavy (non-hydrogen) atoms. The van der Waals surface area contributed by atoms with Gasteiger partial charge in [-0.2, -0.15) is 9.39 Å². The molecular weight excluding hydrogens is 488 g/mol. The number of nitrogens with one attached hydrogen (secondary N) is 1. The largest absolute Gasteiger partial charge is 0.493 e. The standard InChI is InChI=1S/C21H17ClN4O5S2/c1-10(2)32-21-25-33-20-24-18(27)12(17(23)26(20)21)7-11-8-13(22)16(15(9-11)29-3)31-19(28)14-5-4-6-30-14/h4-10,23H,1-3H3/b12-7-,23-17?. The summed E-state index contributed by atoms with van der Waals surface area (Å²) in [5, 5.41) is 9.85. The molecule has 0 saturated carbocycles. The molecule has 1 N–H and O–H groups in total. The van der Waals surface area contributed by atoms with E-state index in [-0.39, 0.29) is 38.9 Å². The van der Waals surface area contributed by atoms with E-state index in [1.54, 1.807) is 17.0 Å². The first-order valence-electron chi connectivity index (χ1n) is 9.57. The average Bonchev–Trinajstić information content (AvgIpc) is 3.43. The number of amidine groups is 3. The van der Waals surface area contributed by atoms with E-state index in [1.807, 2.05) is 13.8 Å². The number of hydrogen-bond acceptors (Lipinski definition) is 9. The van der Waals surface area contributed by atoms with Gasteiger partial charge < -0.3 is 13.9 Å². The summed E-state index contributed by atoms with van der Waals surface area (Å²) < 4.78 is 20.0. The van der Waals surface area contributed by atoms with Crippen molar-refractivity contribution in [3.05, 3.63) is 52.4 Å². The second kappa shape index (κ2) is 9.46. The van der Waals surface area contributed by atoms with Crippen molar-refractivity contribution in [3.8, 4) is 11.5 Å². The number of carbonyl (C=O) groups is 2. The van der Waals surface area contributed by atoms with E-state index in [0.717, 1.165) is 11.9 Å². The van der Waals surface area contributed by atoms with Crippen molar-refractivity contribution in [2.45, 2.75) is 19.1 Å². The second-order valence-electron chi connectivity index (χ2n) is 6.97. The molecule has 0 aliphatic carbocycles. The van der Waals surface area contributed by atoms with Crippen LogP contribution in [0.25, 0.3) is 6.08 Å². The smallest absolute Gasteiger partial charge is 0.379 e. The van der Waals surface area contributed by atoms with Gasteiger partial charge in [0.25, 0.3) is 5.91 Å². The van der Waals surface area contributed by atoms with E-state index in [9.17, 15) is 9.59 Å². The molecule has 0 saturated heterocycles. The Bertz CT molecular complexity index is 1240. The minimum absolute atomic E-state index is 0.00627. The lowest BCUT2D eigenvalue weighted by molar-refractivity contribution is -0.114. The summed E-state index contributed by atoms with van der Waals surface area (Å²) in [6, 6.07) is 6.06. The monoisotopic (exact) mass is 504 g/mol. The van der Waals surface area contributed by atoms with Crippen molar-refractivity contribution in [2.24, 2.45) is 9.39 Å². The van der Waals surface area contributed by atoms with Gasteiger partial charge in [0, 0.05) is 5.25 Å². The first kappa shape index (κ1) is 23.1. The molecule has 0 fully saturated rings. The van der Waals surface area contributed by atoms with Gasteiger partial charge in [0.05, 0.1) is 35.9 Å². The lowest BCUT2D eigenvalue weighted by atomic mass is 10.1. The highest BCUT2D eigenvalue weighted by Crippen LogP contribution is 2.38. The molecular formula is C21H17ClN4O5S2. The number of ether oxygens (including phenoxy) is 2. The third-order valence-corrected chi connectivity index (χ3v) is 6.37. The number of carbonyl (C=O) groups excluding carboxylic acids is 2. The second-order valence-corrected chi connectivity index (χ2v) is 9.66. The van der Waals surface area contributed by atoms with Crippen molar-refractivity contribution in [2.75, 3.05) is 7.11 Å². The Morgan fingerprint density at radius 1 is 1.39 bits per heavy atom. The van der Waals surface area contributed by atoms with Crippen LogP contribution in [0.1, 0.15) is 30.0 Å². The zero-order chi connectivity index (χ0) is 23.7. The summed E-state index contributed by atoms with van der Waals surface area (Å²) in [7, 11) is 1.39. The molecule has 170 valence electrons. The first-order valence-corrected chi connectivity index (χ1v) is 11.6. The third kappa shape index (κ3) is 4.70. The molecule has 0 bridgehead atoms. The number of aliphatic imine (C=N–C) groups is 1. The molecule has 9 nitrogen and oxygen atoms in total. The van der Waals surface area contributed by atoms with E-state index < -0.39 is 11.9 Å². The minimum Gasteiger partial charge on any atom is -0.493 e. The lowest BCUT2D eigenvalue weighted by Gasteiger charge is -2.25. The molecule has 4 rings (SSSR count). The number of rotatable bonds is 5. The summed E-state index contributed by atoms with van der Waals surface area (Å²) in [6.45, 7) is 4.02. The topological polar surface area (TPSA) is 118 Å². The van der Waals surface area contributed by atoms with Crippen molar-refractivity contribution in [3.63, 3.8) is 0 Å². The van der Waals surface area contributed by atoms with Crippen LogP contribution < -0.4 is 9.47 Å². The average molecular weight is 505 g/mol. The Kier molecular flexibility index (Phi) is 6.63. The molecule has 0 atom stereocenters. The Hall–Kier alpha value is -3.02. The highest BCUT2D eigenvalue weighted by molar-refractivity contribution is 8.19. The number of esters is 1. The number of hydrogen-bond donors (Lipinski definition) is 1. The fourth-order valence-corrected chi connectivity index (χ4v) is 4.84. The molecule has 1 amide bonds. The highest BCUT2D eigenvalue weighted by Gasteiger charge is 2.37. The first-order chi connectivity index (χ1) is 15.8. The molecule has 3 heterocycles. The van der Waals surface area contributed by atoms with Crippen LogP contribution in [-0.4, -0.2) is 45.3 Å². The Labute approximate surface area is 202 Å². The molecule has 2 aromatic rings. The summed E-state index contributed by atoms with van der Waals surface area (Å²) in [5.41, 5.74) is 0.528. The molecule has 1 aromatic heterocycles. The molecule has 1 aromatic carbocycles. The number of amides is 1. The van der Waals surface area contributed by atoms with Gasteiger partial charge in [-0.1, -0.05) is 37.2 Å². The van der Waals surface area contributed by atoms with Crippen LogP contribution in [0.4, 0.5) is 0 Å². The molecule has 0 spiro atoms. The van der Waals surface area contributed by atoms with Gasteiger partial charge in [0.1, 0.15) is 5.84 Å². The number of halogens is 1. The predicted octanol–water partition coefficient (Wildman–Crippen LogP) is 4.88. The predicted molar refractivity (Wildman–Crippen MR) is 129 cm³/mol. The van der Waals surface area contributed by atoms with Crippen LogP contribution >= 0.6 is 35.3 Å². The lowest BCUT2D eigenvalue weighted by Crippen LogP contribution is -2.41. The number of furan rings is 1. The Morgan fingerprint density at radius 2 is 2.18 bits per heavy atom. The number of fused-ring (bicyclic) bond motifs is 1. The van der Waals surface area contributed by atoms with Crippen LogP contribution in [-0.2, 0) is 4.79 Å². The fraction of sp³-hybridized carbons (Fsp3) is 0.190. The van der Waals surface area contributed by atoms with E-state index >= 15 is 0 Å². The number of thioether (sulfide) groups is 1. The van der Waals surface area contributed by atoms with Crippen molar-refractivity contribution in [1.82, 2.24) is 4.90 Å². The third-order valence-electron chi connectivity index (χ3n) is 4.32. The molecule has 2 aliphatic rings. The van der Waals surface area contributed by atoms with E-state index in [0.29, 0.717) is 15.9 Å². The zero-order valence-corrected chi connectivity index (χ0v) is 20.0. The maximum Gasteiger partial charge on any atom is 0.379 e. The quantitative estimate of drug-likeness (QED) is 0.265.